The number of ether oxygens (including phenoxy) is 4. The third kappa shape index (κ3) is 16.7. The molecular weight excluding hydrogens is 1290 g/mol. The first kappa shape index (κ1) is 70.2. The summed E-state index contributed by atoms with van der Waals surface area (Å²) in [5.41, 5.74) is -2.36. The number of hydrogen-bond donors (Lipinski definition) is 2. The van der Waals surface area contributed by atoms with Crippen molar-refractivity contribution in [3.8, 4) is 0 Å². The van der Waals surface area contributed by atoms with E-state index in [9.17, 15) is 55.1 Å². The van der Waals surface area contributed by atoms with Crippen molar-refractivity contribution >= 4 is 93.4 Å². The quantitative estimate of drug-likeness (QED) is 0.110. The van der Waals surface area contributed by atoms with E-state index in [0.717, 1.165) is 49.2 Å². The minimum Gasteiger partial charge on any atom is -0.444 e. The maximum atomic E-state index is 14.1. The number of benzene rings is 2. The molecule has 2 aromatic carbocycles. The van der Waals surface area contributed by atoms with Gasteiger partial charge in [0.05, 0.1) is 57.1 Å². The highest BCUT2D eigenvalue weighted by molar-refractivity contribution is 6.34. The second-order valence-corrected chi connectivity index (χ2v) is 25.4. The second-order valence-electron chi connectivity index (χ2n) is 24.6. The fraction of sp³-hybridized carbons (Fsp3) is 0.567. The lowest BCUT2D eigenvalue weighted by molar-refractivity contribution is -0.138. The van der Waals surface area contributed by atoms with Gasteiger partial charge < -0.3 is 68.1 Å². The van der Waals surface area contributed by atoms with Crippen LogP contribution >= 0.6 is 23.2 Å². The number of hydrogen-bond acceptors (Lipinski definition) is 18. The molecule has 26 nitrogen and oxygen atoms in total. The fourth-order valence-corrected chi connectivity index (χ4v) is 11.6. The predicted octanol–water partition coefficient (Wildman–Crippen LogP) is 8.10. The second kappa shape index (κ2) is 28.9. The summed E-state index contributed by atoms with van der Waals surface area (Å²) in [7, 11) is 0. The van der Waals surface area contributed by atoms with Gasteiger partial charge in [-0.05, 0) is 104 Å². The summed E-state index contributed by atoms with van der Waals surface area (Å²) in [4.78, 5) is 101. The summed E-state index contributed by atoms with van der Waals surface area (Å²) in [6.07, 6.45) is -7.92. The molecule has 0 atom stereocenters. The van der Waals surface area contributed by atoms with E-state index in [0.29, 0.717) is 152 Å². The number of halogens is 8. The Morgan fingerprint density at radius 2 is 0.883 bits per heavy atom. The Kier molecular flexibility index (Phi) is 21.6. The molecule has 8 heterocycles. The zero-order valence-corrected chi connectivity index (χ0v) is 54.9. The number of nitrogens with zero attached hydrogens (tertiary/aromatic N) is 14. The van der Waals surface area contributed by atoms with Crippen molar-refractivity contribution in [2.45, 2.75) is 118 Å². The Labute approximate surface area is 546 Å². The lowest BCUT2D eigenvalue weighted by Gasteiger charge is -2.37. The first-order valence-corrected chi connectivity index (χ1v) is 31.6. The van der Waals surface area contributed by atoms with Gasteiger partial charge in [-0.1, -0.05) is 37.0 Å². The molecule has 34 heteroatoms. The van der Waals surface area contributed by atoms with Crippen molar-refractivity contribution in [3.63, 3.8) is 0 Å². The van der Waals surface area contributed by atoms with E-state index in [-0.39, 0.29) is 46.1 Å². The third-order valence-corrected chi connectivity index (χ3v) is 16.2. The summed E-state index contributed by atoms with van der Waals surface area (Å²) in [5.74, 6) is -0.308. The molecule has 4 aromatic heterocycles. The van der Waals surface area contributed by atoms with Gasteiger partial charge in [-0.15, -0.1) is 10.2 Å². The maximum absolute atomic E-state index is 14.1. The third-order valence-electron chi connectivity index (χ3n) is 15.5. The molecule has 0 saturated carbocycles. The van der Waals surface area contributed by atoms with Gasteiger partial charge in [0.1, 0.15) is 35.7 Å². The van der Waals surface area contributed by atoms with E-state index in [4.69, 9.17) is 42.1 Å². The first-order valence-electron chi connectivity index (χ1n) is 30.8. The summed E-state index contributed by atoms with van der Waals surface area (Å²) < 4.78 is 107. The Morgan fingerprint density at radius 3 is 1.20 bits per heavy atom. The predicted molar refractivity (Wildman–Crippen MR) is 339 cm³/mol. The van der Waals surface area contributed by atoms with E-state index >= 15 is 0 Å². The van der Waals surface area contributed by atoms with Crippen LogP contribution in [0.1, 0.15) is 90.7 Å². The van der Waals surface area contributed by atoms with Gasteiger partial charge in [0, 0.05) is 91.8 Å². The molecule has 0 unspecified atom stereocenters. The van der Waals surface area contributed by atoms with Crippen LogP contribution in [0, 0.1) is 0 Å². The van der Waals surface area contributed by atoms with Crippen LogP contribution in [0.25, 0.3) is 11.6 Å². The molecule has 0 radical (unpaired) electrons. The minimum absolute atomic E-state index is 0.00462. The van der Waals surface area contributed by atoms with Crippen molar-refractivity contribution < 1.29 is 64.5 Å². The number of amides is 4. The smallest absolute Gasteiger partial charge is 0.416 e. The summed E-state index contributed by atoms with van der Waals surface area (Å²) in [6, 6.07) is 5.35. The van der Waals surface area contributed by atoms with Crippen molar-refractivity contribution in [3.05, 3.63) is 89.7 Å². The standard InChI is InChI=1S/2C30H38ClF3N8O5/c2*1-5-22-24(38-10-12-40(13-11-38)28(45)47-29(2,3)4)25(44)42-27(36-26(37-42)39-9-6-15-46-16-14-39)41(22)18-23(43)35-21-8-7-19(17-20(21)31)30(32,33)34/h2*7-8,17H,5-6,9-16,18H2,1-4H3,(H,35,43). The average molecular weight is 1370 g/mol. The Morgan fingerprint density at radius 1 is 0.521 bits per heavy atom. The molecule has 4 fully saturated rings. The van der Waals surface area contributed by atoms with Crippen LogP contribution in [0.2, 0.25) is 10.0 Å². The molecule has 10 rings (SSSR count). The van der Waals surface area contributed by atoms with Crippen molar-refractivity contribution in [1.29, 1.82) is 0 Å². The van der Waals surface area contributed by atoms with E-state index in [1.165, 1.54) is 9.03 Å². The van der Waals surface area contributed by atoms with E-state index in [2.05, 4.69) is 30.8 Å². The molecule has 4 amide bonds. The zero-order valence-electron chi connectivity index (χ0n) is 53.4. The molecular formula is C60H76Cl2F6N16O10. The number of nitrogens with one attached hydrogen (secondary N) is 2. The van der Waals surface area contributed by atoms with Gasteiger partial charge >= 0.3 is 24.5 Å². The number of carbonyl (C=O) groups is 4. The van der Waals surface area contributed by atoms with E-state index in [1.54, 1.807) is 60.5 Å². The normalized spacial score (nSPS) is 16.4. The van der Waals surface area contributed by atoms with Crippen LogP contribution in [0.4, 0.5) is 70.6 Å². The number of piperazine rings is 2. The zero-order chi connectivity index (χ0) is 68.2. The molecule has 0 bridgehead atoms. The largest absolute Gasteiger partial charge is 0.444 e. The minimum atomic E-state index is -4.59. The summed E-state index contributed by atoms with van der Waals surface area (Å²) >= 11 is 12.2. The number of aromatic nitrogens is 8. The number of fused-ring (bicyclic) bond motifs is 2. The van der Waals surface area contributed by atoms with Crippen LogP contribution in [-0.4, -0.2) is 188 Å². The maximum Gasteiger partial charge on any atom is 0.416 e. The molecule has 6 aromatic rings. The molecule has 2 N–H and O–H groups in total. The molecule has 0 spiro atoms. The van der Waals surface area contributed by atoms with Crippen LogP contribution in [-0.2, 0) is 66.8 Å². The molecule has 94 heavy (non-hydrogen) atoms. The van der Waals surface area contributed by atoms with E-state index < -0.39 is 69.8 Å². The Hall–Kier alpha value is -8.10. The summed E-state index contributed by atoms with van der Waals surface area (Å²) in [5, 5.41) is 13.8. The Bertz CT molecular complexity index is 3620. The van der Waals surface area contributed by atoms with Gasteiger partial charge in [-0.2, -0.15) is 45.3 Å². The fourth-order valence-electron chi connectivity index (χ4n) is 11.1. The Balaban J connectivity index is 0.000000221. The molecule has 512 valence electrons. The van der Waals surface area contributed by atoms with Crippen LogP contribution in [0.3, 0.4) is 0 Å². The number of carbonyl (C=O) groups excluding carboxylic acids is 4. The number of anilines is 6. The first-order chi connectivity index (χ1) is 44.3. The highest BCUT2D eigenvalue weighted by Gasteiger charge is 2.36. The number of alkyl halides is 6. The van der Waals surface area contributed by atoms with Gasteiger partial charge in [0.25, 0.3) is 11.1 Å². The topological polar surface area (TPSA) is 253 Å². The van der Waals surface area contributed by atoms with Gasteiger partial charge in [0.2, 0.25) is 35.3 Å². The highest BCUT2D eigenvalue weighted by Crippen LogP contribution is 2.36. The molecule has 0 aliphatic carbocycles. The molecule has 4 aliphatic heterocycles. The van der Waals surface area contributed by atoms with Crippen LogP contribution < -0.4 is 41.4 Å². The van der Waals surface area contributed by atoms with Crippen molar-refractivity contribution in [1.82, 2.24) is 48.1 Å². The van der Waals surface area contributed by atoms with Crippen molar-refractivity contribution in [2.24, 2.45) is 0 Å². The highest BCUT2D eigenvalue weighted by atomic mass is 35.5. The van der Waals surface area contributed by atoms with Crippen LogP contribution in [0.15, 0.2) is 46.0 Å². The van der Waals surface area contributed by atoms with Gasteiger partial charge in [-0.3, -0.25) is 19.2 Å². The average Bonchev–Trinajstić information content (AvgIpc) is 1.51. The van der Waals surface area contributed by atoms with Crippen molar-refractivity contribution in [2.75, 3.05) is 135 Å². The molecule has 4 saturated heterocycles. The lowest BCUT2D eigenvalue weighted by Crippen LogP contribution is -2.51. The van der Waals surface area contributed by atoms with E-state index in [1.807, 2.05) is 33.4 Å². The van der Waals surface area contributed by atoms with Crippen LogP contribution in [0.5, 0.6) is 0 Å². The number of rotatable bonds is 12. The molecule has 4 aliphatic rings. The van der Waals surface area contributed by atoms with Gasteiger partial charge in [0.15, 0.2) is 0 Å². The van der Waals surface area contributed by atoms with Gasteiger partial charge in [-0.25, -0.2) is 9.59 Å². The lowest BCUT2D eigenvalue weighted by atomic mass is 10.2. The monoisotopic (exact) mass is 1360 g/mol. The SMILES string of the molecule is CCc1c(N2CCN(C(=O)OC(C)(C)C)CC2)c(=O)n2nc(N3CCCOCC3)nc2n1CC(=O)Nc1ccc(C(F)(F)F)cc1Cl.CCc1c(N2CCN(C(=O)OC(C)(C)C)CC2)c(=O)n2nc(N3CCCOCC3)nc2n1CC(=O)Nc1ccc(C(F)(F)F)cc1Cl. The summed E-state index contributed by atoms with van der Waals surface area (Å²) in [6.45, 7) is 20.6.